The van der Waals surface area contributed by atoms with Gasteiger partial charge in [-0.3, -0.25) is 4.79 Å². The van der Waals surface area contributed by atoms with Crippen LogP contribution in [-0.4, -0.2) is 54.9 Å². The minimum atomic E-state index is -0.0949. The molecule has 1 aliphatic rings. The lowest BCUT2D eigenvalue weighted by Crippen LogP contribution is -2.43. The first-order valence-corrected chi connectivity index (χ1v) is 9.26. The molecule has 1 amide bonds. The molecule has 1 fully saturated rings. The Kier molecular flexibility index (Phi) is 5.24. The van der Waals surface area contributed by atoms with Crippen LogP contribution in [0.15, 0.2) is 49.1 Å². The number of rotatable bonds is 5. The maximum atomic E-state index is 12.5. The van der Waals surface area contributed by atoms with Crippen LogP contribution in [0.3, 0.4) is 0 Å². The number of likely N-dealkylation sites (tertiary alicyclic amines) is 1. The maximum Gasteiger partial charge on any atom is 0.274 e. The molecule has 0 spiro atoms. The Morgan fingerprint density at radius 1 is 1.14 bits per heavy atom. The highest BCUT2D eigenvalue weighted by Gasteiger charge is 2.22. The number of carbonyl (C=O) groups excluding carboxylic acids is 1. The van der Waals surface area contributed by atoms with E-state index in [9.17, 15) is 4.79 Å². The van der Waals surface area contributed by atoms with Gasteiger partial charge in [0.1, 0.15) is 18.5 Å². The fourth-order valence-electron chi connectivity index (χ4n) is 3.21. The Morgan fingerprint density at radius 2 is 1.96 bits per heavy atom. The molecule has 4 rings (SSSR count). The summed E-state index contributed by atoms with van der Waals surface area (Å²) < 4.78 is 1.72. The van der Waals surface area contributed by atoms with E-state index in [1.54, 1.807) is 28.0 Å². The predicted molar refractivity (Wildman–Crippen MR) is 104 cm³/mol. The van der Waals surface area contributed by atoms with Crippen LogP contribution in [0, 0.1) is 0 Å². The van der Waals surface area contributed by atoms with Gasteiger partial charge in [-0.1, -0.05) is 18.2 Å². The van der Waals surface area contributed by atoms with Gasteiger partial charge in [0.2, 0.25) is 0 Å². The Labute approximate surface area is 162 Å². The van der Waals surface area contributed by atoms with Gasteiger partial charge in [0.05, 0.1) is 5.69 Å². The van der Waals surface area contributed by atoms with Crippen LogP contribution in [0.25, 0.3) is 5.69 Å². The summed E-state index contributed by atoms with van der Waals surface area (Å²) in [6.45, 7) is 1.88. The molecule has 9 heteroatoms. The van der Waals surface area contributed by atoms with E-state index < -0.39 is 0 Å². The lowest BCUT2D eigenvalue weighted by atomic mass is 10.1. The zero-order valence-corrected chi connectivity index (χ0v) is 15.4. The van der Waals surface area contributed by atoms with Crippen LogP contribution < -0.4 is 11.1 Å². The third kappa shape index (κ3) is 3.99. The molecule has 144 valence electrons. The molecule has 3 heterocycles. The van der Waals surface area contributed by atoms with Crippen LogP contribution in [0.1, 0.15) is 28.9 Å². The number of amides is 1. The van der Waals surface area contributed by atoms with Gasteiger partial charge in [-0.15, -0.1) is 10.2 Å². The molecule has 1 saturated heterocycles. The van der Waals surface area contributed by atoms with E-state index in [1.807, 2.05) is 24.3 Å². The van der Waals surface area contributed by atoms with Crippen molar-refractivity contribution in [3.8, 4) is 5.69 Å². The molecular formula is C19H22N8O. The molecule has 0 bridgehead atoms. The van der Waals surface area contributed by atoms with E-state index in [0.29, 0.717) is 31.1 Å². The minimum absolute atomic E-state index is 0.0949. The van der Waals surface area contributed by atoms with Gasteiger partial charge in [-0.25, -0.2) is 9.67 Å². The third-order valence-corrected chi connectivity index (χ3v) is 4.83. The van der Waals surface area contributed by atoms with Crippen LogP contribution in [0.4, 0.5) is 5.82 Å². The van der Waals surface area contributed by atoms with Crippen LogP contribution >= 0.6 is 0 Å². The first-order chi connectivity index (χ1) is 13.7. The molecule has 0 saturated carbocycles. The number of aromatic nitrogens is 5. The molecule has 0 radical (unpaired) electrons. The first kappa shape index (κ1) is 18.1. The number of hydrogen-bond donors (Lipinski definition) is 2. The summed E-state index contributed by atoms with van der Waals surface area (Å²) in [4.78, 5) is 18.3. The second-order valence-electron chi connectivity index (χ2n) is 6.76. The van der Waals surface area contributed by atoms with E-state index in [-0.39, 0.29) is 11.9 Å². The van der Waals surface area contributed by atoms with Gasteiger partial charge in [0.25, 0.3) is 5.91 Å². The number of piperidine rings is 1. The highest BCUT2D eigenvalue weighted by atomic mass is 16.2. The molecule has 0 unspecified atom stereocenters. The quantitative estimate of drug-likeness (QED) is 0.686. The molecule has 0 aliphatic carbocycles. The molecule has 1 aliphatic heterocycles. The Hall–Kier alpha value is -3.33. The monoisotopic (exact) mass is 378 g/mol. The van der Waals surface area contributed by atoms with E-state index in [1.165, 1.54) is 6.33 Å². The molecule has 3 aromatic rings. The smallest absolute Gasteiger partial charge is 0.274 e. The van der Waals surface area contributed by atoms with Gasteiger partial charge in [0, 0.05) is 25.7 Å². The van der Waals surface area contributed by atoms with Crippen LogP contribution in [0.2, 0.25) is 0 Å². The summed E-state index contributed by atoms with van der Waals surface area (Å²) in [6.07, 6.45) is 4.81. The number of nitrogens with two attached hydrogens (primary N) is 1. The molecule has 9 nitrogen and oxygen atoms in total. The average Bonchev–Trinajstić information content (AvgIpc) is 3.28. The predicted octanol–water partition coefficient (Wildman–Crippen LogP) is 1.23. The van der Waals surface area contributed by atoms with Crippen molar-refractivity contribution in [1.29, 1.82) is 0 Å². The topological polar surface area (TPSA) is 115 Å². The van der Waals surface area contributed by atoms with Gasteiger partial charge in [-0.2, -0.15) is 5.10 Å². The summed E-state index contributed by atoms with van der Waals surface area (Å²) >= 11 is 0. The highest BCUT2D eigenvalue weighted by Crippen LogP contribution is 2.15. The summed E-state index contributed by atoms with van der Waals surface area (Å²) in [5, 5.41) is 15.7. The zero-order chi connectivity index (χ0) is 19.3. The van der Waals surface area contributed by atoms with Crippen molar-refractivity contribution in [3.63, 3.8) is 0 Å². The standard InChI is InChI=1S/C19H22N8O/c20-15-7-9-26(10-8-15)19(28)16-5-6-18(25-24-16)22-11-14-3-1-2-4-17(14)27-13-21-12-23-27/h1-6,12-13,15H,7-11,20H2,(H,22,25). The van der Waals surface area contributed by atoms with Crippen molar-refractivity contribution in [2.24, 2.45) is 5.73 Å². The number of hydrogen-bond acceptors (Lipinski definition) is 7. The fourth-order valence-corrected chi connectivity index (χ4v) is 3.21. The summed E-state index contributed by atoms with van der Waals surface area (Å²) in [5.41, 5.74) is 8.23. The Balaban J connectivity index is 1.40. The largest absolute Gasteiger partial charge is 0.364 e. The van der Waals surface area contributed by atoms with Gasteiger partial charge < -0.3 is 16.0 Å². The molecule has 1 aromatic carbocycles. The van der Waals surface area contributed by atoms with E-state index in [2.05, 4.69) is 25.6 Å². The number of anilines is 1. The fraction of sp³-hybridized carbons (Fsp3) is 0.316. The molecular weight excluding hydrogens is 356 g/mol. The van der Waals surface area contributed by atoms with Crippen molar-refractivity contribution in [3.05, 3.63) is 60.3 Å². The summed E-state index contributed by atoms with van der Waals surface area (Å²) in [6, 6.07) is 11.6. The number of benzene rings is 1. The number of carbonyl (C=O) groups is 1. The second-order valence-corrected chi connectivity index (χ2v) is 6.76. The average molecular weight is 378 g/mol. The number of para-hydroxylation sites is 1. The lowest BCUT2D eigenvalue weighted by molar-refractivity contribution is 0.0707. The van der Waals surface area contributed by atoms with E-state index in [0.717, 1.165) is 24.1 Å². The molecule has 0 atom stereocenters. The van der Waals surface area contributed by atoms with E-state index in [4.69, 9.17) is 5.73 Å². The first-order valence-electron chi connectivity index (χ1n) is 9.26. The van der Waals surface area contributed by atoms with Crippen molar-refractivity contribution in [2.75, 3.05) is 18.4 Å². The molecule has 2 aromatic heterocycles. The third-order valence-electron chi connectivity index (χ3n) is 4.83. The van der Waals surface area contributed by atoms with Crippen molar-refractivity contribution in [2.45, 2.75) is 25.4 Å². The second kappa shape index (κ2) is 8.13. The van der Waals surface area contributed by atoms with Crippen molar-refractivity contribution < 1.29 is 4.79 Å². The van der Waals surface area contributed by atoms with Crippen LogP contribution in [-0.2, 0) is 6.54 Å². The van der Waals surface area contributed by atoms with Gasteiger partial charge >= 0.3 is 0 Å². The number of nitrogens with one attached hydrogen (secondary N) is 1. The summed E-state index contributed by atoms with van der Waals surface area (Å²) in [5.74, 6) is 0.507. The maximum absolute atomic E-state index is 12.5. The zero-order valence-electron chi connectivity index (χ0n) is 15.4. The van der Waals surface area contributed by atoms with Gasteiger partial charge in [-0.05, 0) is 36.6 Å². The SMILES string of the molecule is NC1CCN(C(=O)c2ccc(NCc3ccccc3-n3cncn3)nn2)CC1. The summed E-state index contributed by atoms with van der Waals surface area (Å²) in [7, 11) is 0. The van der Waals surface area contributed by atoms with Crippen molar-refractivity contribution >= 4 is 11.7 Å². The molecule has 28 heavy (non-hydrogen) atoms. The van der Waals surface area contributed by atoms with Crippen LogP contribution in [0.5, 0.6) is 0 Å². The normalized spacial score (nSPS) is 14.8. The van der Waals surface area contributed by atoms with Gasteiger partial charge in [0.15, 0.2) is 5.69 Å². The minimum Gasteiger partial charge on any atom is -0.364 e. The lowest BCUT2D eigenvalue weighted by Gasteiger charge is -2.29. The Morgan fingerprint density at radius 3 is 2.68 bits per heavy atom. The molecule has 3 N–H and O–H groups in total. The Bertz CT molecular complexity index is 917. The van der Waals surface area contributed by atoms with Crippen molar-refractivity contribution in [1.82, 2.24) is 29.9 Å². The number of nitrogens with zero attached hydrogens (tertiary/aromatic N) is 6. The van der Waals surface area contributed by atoms with E-state index >= 15 is 0 Å². The highest BCUT2D eigenvalue weighted by molar-refractivity contribution is 5.92.